The SMILES string of the molecule is Cc1c([N+](=O)[O-])cc(C(=O)NCC(F)F)cc1S(=O)(=O)Cl. The lowest BCUT2D eigenvalue weighted by Crippen LogP contribution is -2.28. The fraction of sp³-hybridized carbons (Fsp3) is 0.300. The monoisotopic (exact) mass is 342 g/mol. The van der Waals surface area contributed by atoms with Gasteiger partial charge in [-0.1, -0.05) is 0 Å². The molecule has 116 valence electrons. The van der Waals surface area contributed by atoms with Crippen molar-refractivity contribution in [3.05, 3.63) is 33.4 Å². The van der Waals surface area contributed by atoms with E-state index in [4.69, 9.17) is 10.7 Å². The molecule has 0 bridgehead atoms. The summed E-state index contributed by atoms with van der Waals surface area (Å²) in [7, 11) is 0.805. The number of hydrogen-bond donors (Lipinski definition) is 1. The van der Waals surface area contributed by atoms with Gasteiger partial charge in [-0.2, -0.15) is 0 Å². The summed E-state index contributed by atoms with van der Waals surface area (Å²) in [6, 6.07) is 1.59. The van der Waals surface area contributed by atoms with Crippen molar-refractivity contribution in [3.8, 4) is 0 Å². The molecule has 1 amide bonds. The molecule has 0 radical (unpaired) electrons. The second-order valence-electron chi connectivity index (χ2n) is 3.91. The zero-order valence-electron chi connectivity index (χ0n) is 10.5. The maximum Gasteiger partial charge on any atom is 0.274 e. The van der Waals surface area contributed by atoms with E-state index in [-0.39, 0.29) is 5.56 Å². The first-order chi connectivity index (χ1) is 9.54. The largest absolute Gasteiger partial charge is 0.346 e. The van der Waals surface area contributed by atoms with Crippen LogP contribution in [0.1, 0.15) is 15.9 Å². The highest BCUT2D eigenvalue weighted by molar-refractivity contribution is 8.13. The maximum absolute atomic E-state index is 12.0. The Kier molecular flexibility index (Phi) is 5.18. The van der Waals surface area contributed by atoms with E-state index in [1.165, 1.54) is 0 Å². The van der Waals surface area contributed by atoms with Gasteiger partial charge in [-0.05, 0) is 13.0 Å². The third kappa shape index (κ3) is 4.33. The van der Waals surface area contributed by atoms with Crippen molar-refractivity contribution in [1.82, 2.24) is 5.32 Å². The first kappa shape index (κ1) is 17.2. The summed E-state index contributed by atoms with van der Waals surface area (Å²) in [6.45, 7) is 0.178. The number of hydrogen-bond acceptors (Lipinski definition) is 5. The third-order valence-electron chi connectivity index (χ3n) is 2.47. The second kappa shape index (κ2) is 6.31. The average molecular weight is 343 g/mol. The molecule has 1 aromatic carbocycles. The molecule has 0 aliphatic heterocycles. The minimum Gasteiger partial charge on any atom is -0.346 e. The van der Waals surface area contributed by atoms with Gasteiger partial charge in [0.1, 0.15) is 0 Å². The number of rotatable bonds is 5. The molecule has 1 rings (SSSR count). The first-order valence-electron chi connectivity index (χ1n) is 5.34. The Labute approximate surface area is 122 Å². The van der Waals surface area contributed by atoms with Crippen LogP contribution in [0.25, 0.3) is 0 Å². The minimum absolute atomic E-state index is 0.250. The predicted molar refractivity (Wildman–Crippen MR) is 69.2 cm³/mol. The third-order valence-corrected chi connectivity index (χ3v) is 3.92. The highest BCUT2D eigenvalue weighted by Crippen LogP contribution is 2.29. The highest BCUT2D eigenvalue weighted by atomic mass is 35.7. The van der Waals surface area contributed by atoms with Crippen molar-refractivity contribution in [2.45, 2.75) is 18.2 Å². The fourth-order valence-corrected chi connectivity index (χ4v) is 2.74. The van der Waals surface area contributed by atoms with E-state index in [1.807, 2.05) is 5.32 Å². The number of nitro groups is 1. The van der Waals surface area contributed by atoms with Crippen molar-refractivity contribution < 1.29 is 26.9 Å². The standard InChI is InChI=1S/C10H9ClF2N2O5S/c1-5-7(15(17)18)2-6(3-8(5)21(11,19)20)10(16)14-4-9(12)13/h2-3,9H,4H2,1H3,(H,14,16). The topological polar surface area (TPSA) is 106 Å². The summed E-state index contributed by atoms with van der Waals surface area (Å²) < 4.78 is 46.7. The van der Waals surface area contributed by atoms with Gasteiger partial charge in [0.05, 0.1) is 16.4 Å². The number of benzene rings is 1. The molecule has 0 saturated heterocycles. The van der Waals surface area contributed by atoms with Crippen LogP contribution in [-0.4, -0.2) is 32.2 Å². The van der Waals surface area contributed by atoms with E-state index in [1.54, 1.807) is 0 Å². The summed E-state index contributed by atoms with van der Waals surface area (Å²) >= 11 is 0. The molecule has 1 N–H and O–H groups in total. The molecule has 0 aliphatic rings. The van der Waals surface area contributed by atoms with Crippen LogP contribution in [0.15, 0.2) is 17.0 Å². The number of amides is 1. The molecule has 0 spiro atoms. The number of nitro benzene ring substituents is 1. The normalized spacial score (nSPS) is 11.5. The number of nitrogens with one attached hydrogen (secondary N) is 1. The molecular formula is C10H9ClF2N2O5S. The number of carbonyl (C=O) groups excluding carboxylic acids is 1. The Morgan fingerprint density at radius 3 is 2.48 bits per heavy atom. The number of carbonyl (C=O) groups is 1. The van der Waals surface area contributed by atoms with Crippen LogP contribution in [0, 0.1) is 17.0 Å². The molecule has 0 aromatic heterocycles. The Hall–Kier alpha value is -1.81. The summed E-state index contributed by atoms with van der Waals surface area (Å²) in [5.41, 5.74) is -1.36. The number of nitrogens with zero attached hydrogens (tertiary/aromatic N) is 1. The lowest BCUT2D eigenvalue weighted by molar-refractivity contribution is -0.385. The summed E-state index contributed by atoms with van der Waals surface area (Å²) in [6.07, 6.45) is -2.81. The Morgan fingerprint density at radius 1 is 1.48 bits per heavy atom. The van der Waals surface area contributed by atoms with E-state index >= 15 is 0 Å². The molecule has 0 heterocycles. The van der Waals surface area contributed by atoms with Crippen LogP contribution in [0.2, 0.25) is 0 Å². The van der Waals surface area contributed by atoms with Crippen molar-refractivity contribution in [2.24, 2.45) is 0 Å². The molecule has 0 saturated carbocycles. The Bertz CT molecular complexity index is 693. The van der Waals surface area contributed by atoms with Gasteiger partial charge in [-0.25, -0.2) is 17.2 Å². The molecule has 0 aliphatic carbocycles. The van der Waals surface area contributed by atoms with Gasteiger partial charge < -0.3 is 5.32 Å². The van der Waals surface area contributed by atoms with Gasteiger partial charge in [0, 0.05) is 27.9 Å². The summed E-state index contributed by atoms with van der Waals surface area (Å²) in [5, 5.41) is 12.7. The lowest BCUT2D eigenvalue weighted by Gasteiger charge is -2.08. The molecule has 0 atom stereocenters. The summed E-state index contributed by atoms with van der Waals surface area (Å²) in [4.78, 5) is 20.9. The second-order valence-corrected chi connectivity index (χ2v) is 6.45. The van der Waals surface area contributed by atoms with Gasteiger partial charge >= 0.3 is 0 Å². The first-order valence-corrected chi connectivity index (χ1v) is 7.65. The van der Waals surface area contributed by atoms with Crippen LogP contribution < -0.4 is 5.32 Å². The molecule has 1 aromatic rings. The van der Waals surface area contributed by atoms with Gasteiger partial charge in [-0.3, -0.25) is 14.9 Å². The van der Waals surface area contributed by atoms with Crippen LogP contribution >= 0.6 is 10.7 Å². The van der Waals surface area contributed by atoms with E-state index in [2.05, 4.69) is 0 Å². The molecule has 11 heteroatoms. The van der Waals surface area contributed by atoms with Gasteiger partial charge in [0.2, 0.25) is 0 Å². The van der Waals surface area contributed by atoms with E-state index in [9.17, 15) is 32.1 Å². The zero-order chi connectivity index (χ0) is 16.4. The minimum atomic E-state index is -4.34. The molecule has 7 nitrogen and oxygen atoms in total. The zero-order valence-corrected chi connectivity index (χ0v) is 12.0. The highest BCUT2D eigenvalue weighted by Gasteiger charge is 2.25. The molecular weight excluding hydrogens is 334 g/mol. The number of halogens is 3. The van der Waals surface area contributed by atoms with Crippen LogP contribution in [0.5, 0.6) is 0 Å². The average Bonchev–Trinajstić information content (AvgIpc) is 2.34. The maximum atomic E-state index is 12.0. The van der Waals surface area contributed by atoms with E-state index in [0.717, 1.165) is 19.1 Å². The lowest BCUT2D eigenvalue weighted by atomic mass is 10.1. The number of alkyl halides is 2. The smallest absolute Gasteiger partial charge is 0.274 e. The van der Waals surface area contributed by atoms with Crippen molar-refractivity contribution >= 4 is 31.3 Å². The van der Waals surface area contributed by atoms with Crippen molar-refractivity contribution in [2.75, 3.05) is 6.54 Å². The quantitative estimate of drug-likeness (QED) is 0.499. The van der Waals surface area contributed by atoms with Crippen LogP contribution in [0.4, 0.5) is 14.5 Å². The molecule has 0 fully saturated rings. The van der Waals surface area contributed by atoms with E-state index in [0.29, 0.717) is 0 Å². The predicted octanol–water partition coefficient (Wildman–Crippen LogP) is 1.83. The Balaban J connectivity index is 3.38. The molecule has 21 heavy (non-hydrogen) atoms. The Morgan fingerprint density at radius 2 is 2.05 bits per heavy atom. The van der Waals surface area contributed by atoms with Crippen molar-refractivity contribution in [3.63, 3.8) is 0 Å². The van der Waals surface area contributed by atoms with Crippen LogP contribution in [-0.2, 0) is 9.05 Å². The molecule has 0 unspecified atom stereocenters. The van der Waals surface area contributed by atoms with E-state index < -0.39 is 49.0 Å². The van der Waals surface area contributed by atoms with Gasteiger partial charge in [0.15, 0.2) is 0 Å². The van der Waals surface area contributed by atoms with Gasteiger partial charge in [-0.15, -0.1) is 0 Å². The summed E-state index contributed by atoms with van der Waals surface area (Å²) in [5.74, 6) is -1.07. The van der Waals surface area contributed by atoms with Crippen LogP contribution in [0.3, 0.4) is 0 Å². The van der Waals surface area contributed by atoms with Crippen molar-refractivity contribution in [1.29, 1.82) is 0 Å². The van der Waals surface area contributed by atoms with Gasteiger partial charge in [0.25, 0.3) is 27.1 Å². The fourth-order valence-electron chi connectivity index (χ4n) is 1.52.